The Kier molecular flexibility index (Phi) is 4.79. The third kappa shape index (κ3) is 3.45. The fourth-order valence-electron chi connectivity index (χ4n) is 3.70. The molecule has 0 aliphatic rings. The zero-order valence-electron chi connectivity index (χ0n) is 17.3. The van der Waals surface area contributed by atoms with E-state index in [9.17, 15) is 14.0 Å². The van der Waals surface area contributed by atoms with Gasteiger partial charge in [0.25, 0.3) is 0 Å². The highest BCUT2D eigenvalue weighted by Gasteiger charge is 2.22. The molecule has 33 heavy (non-hydrogen) atoms. The number of benzene rings is 2. The Bertz CT molecular complexity index is 1550. The molecule has 0 amide bonds. The molecule has 0 aliphatic heterocycles. The molecule has 162 valence electrons. The molecule has 1 unspecified atom stereocenters. The minimum absolute atomic E-state index is 0.126. The summed E-state index contributed by atoms with van der Waals surface area (Å²) >= 11 is 0. The summed E-state index contributed by atoms with van der Waals surface area (Å²) in [5, 5.41) is 18.8. The maximum Gasteiger partial charge on any atom is 0.164 e. The zero-order chi connectivity index (χ0) is 23.1. The van der Waals surface area contributed by atoms with Crippen molar-refractivity contribution in [3.05, 3.63) is 83.9 Å². The second-order valence-corrected chi connectivity index (χ2v) is 7.43. The van der Waals surface area contributed by atoms with Crippen molar-refractivity contribution in [2.75, 3.05) is 5.73 Å². The van der Waals surface area contributed by atoms with Gasteiger partial charge in [0, 0.05) is 23.4 Å². The second kappa shape index (κ2) is 7.80. The van der Waals surface area contributed by atoms with Crippen molar-refractivity contribution >= 4 is 16.9 Å². The van der Waals surface area contributed by atoms with E-state index in [1.807, 2.05) is 13.0 Å². The quantitative estimate of drug-likeness (QED) is 0.450. The van der Waals surface area contributed by atoms with Gasteiger partial charge in [-0.3, -0.25) is 0 Å². The average molecular weight is 442 g/mol. The molecule has 0 saturated carbocycles. The minimum atomic E-state index is -0.720. The number of aromatic nitrogens is 6. The van der Waals surface area contributed by atoms with Gasteiger partial charge < -0.3 is 5.73 Å². The number of anilines is 1. The maximum absolute atomic E-state index is 14.2. The standard InChI is InChI=1S/C23H16F2N8/c1-13(16-10-30-32(11-16)19-6-5-17(24)8-18(19)25)33-23-20(22(27)28-12-29-23)21(31-33)15-4-2-3-14(7-15)9-26/h2-8,10-13H,1H3,(H2,27,28,29). The molecule has 5 rings (SSSR count). The molecule has 3 heterocycles. The third-order valence-electron chi connectivity index (χ3n) is 5.39. The van der Waals surface area contributed by atoms with Crippen LogP contribution < -0.4 is 5.73 Å². The number of nitrogens with two attached hydrogens (primary N) is 1. The predicted molar refractivity (Wildman–Crippen MR) is 117 cm³/mol. The summed E-state index contributed by atoms with van der Waals surface area (Å²) in [4.78, 5) is 8.48. The van der Waals surface area contributed by atoms with Crippen molar-refractivity contribution in [3.63, 3.8) is 0 Å². The third-order valence-corrected chi connectivity index (χ3v) is 5.39. The van der Waals surface area contributed by atoms with E-state index in [2.05, 4.69) is 21.1 Å². The van der Waals surface area contributed by atoms with Gasteiger partial charge in [-0.25, -0.2) is 28.1 Å². The summed E-state index contributed by atoms with van der Waals surface area (Å²) in [5.41, 5.74) is 9.26. The van der Waals surface area contributed by atoms with Crippen LogP contribution in [-0.2, 0) is 0 Å². The maximum atomic E-state index is 14.2. The monoisotopic (exact) mass is 442 g/mol. The van der Waals surface area contributed by atoms with Crippen LogP contribution in [0.15, 0.2) is 61.2 Å². The highest BCUT2D eigenvalue weighted by atomic mass is 19.1. The lowest BCUT2D eigenvalue weighted by Gasteiger charge is -2.11. The van der Waals surface area contributed by atoms with Crippen LogP contribution in [0.1, 0.15) is 24.1 Å². The topological polar surface area (TPSA) is 111 Å². The Labute approximate surface area is 186 Å². The van der Waals surface area contributed by atoms with Crippen molar-refractivity contribution in [2.24, 2.45) is 0 Å². The van der Waals surface area contributed by atoms with Gasteiger partial charge in [-0.15, -0.1) is 0 Å². The molecule has 0 bridgehead atoms. The molecule has 1 atom stereocenters. The van der Waals surface area contributed by atoms with Crippen LogP contribution in [0.4, 0.5) is 14.6 Å². The van der Waals surface area contributed by atoms with Crippen molar-refractivity contribution in [1.29, 1.82) is 5.26 Å². The fourth-order valence-corrected chi connectivity index (χ4v) is 3.70. The molecule has 0 aliphatic carbocycles. The molecule has 5 aromatic rings. The molecule has 2 N–H and O–H groups in total. The molecule has 3 aromatic heterocycles. The molecule has 0 radical (unpaired) electrons. The Morgan fingerprint density at radius 2 is 1.97 bits per heavy atom. The van der Waals surface area contributed by atoms with Gasteiger partial charge in [0.15, 0.2) is 11.5 Å². The number of nitrogens with zero attached hydrogens (tertiary/aromatic N) is 7. The molecular weight excluding hydrogens is 426 g/mol. The molecule has 0 fully saturated rings. The number of nitrogen functional groups attached to an aromatic ring is 1. The SMILES string of the molecule is CC(c1cnn(-c2ccc(F)cc2F)c1)n1nc(-c2cccc(C#N)c2)c2c(N)ncnc21. The van der Waals surface area contributed by atoms with Crippen LogP contribution in [-0.4, -0.2) is 29.5 Å². The number of nitriles is 1. The molecule has 8 nitrogen and oxygen atoms in total. The van der Waals surface area contributed by atoms with Crippen molar-refractivity contribution < 1.29 is 8.78 Å². The highest BCUT2D eigenvalue weighted by molar-refractivity contribution is 5.98. The molecule has 10 heteroatoms. The number of rotatable bonds is 4. The summed E-state index contributed by atoms with van der Waals surface area (Å²) in [7, 11) is 0. The van der Waals surface area contributed by atoms with Crippen molar-refractivity contribution in [1.82, 2.24) is 29.5 Å². The zero-order valence-corrected chi connectivity index (χ0v) is 17.3. The van der Waals surface area contributed by atoms with Crippen molar-refractivity contribution in [3.8, 4) is 23.0 Å². The van der Waals surface area contributed by atoms with Crippen LogP contribution in [0, 0.1) is 23.0 Å². The van der Waals surface area contributed by atoms with E-state index in [-0.39, 0.29) is 17.5 Å². The Morgan fingerprint density at radius 1 is 1.12 bits per heavy atom. The van der Waals surface area contributed by atoms with Crippen LogP contribution in [0.5, 0.6) is 0 Å². The number of halogens is 2. The lowest BCUT2D eigenvalue weighted by molar-refractivity contribution is 0.572. The average Bonchev–Trinajstić information content (AvgIpc) is 3.45. The predicted octanol–water partition coefficient (Wildman–Crippen LogP) is 4.02. The van der Waals surface area contributed by atoms with Gasteiger partial charge in [-0.05, 0) is 31.2 Å². The molecular formula is C23H16F2N8. The normalized spacial score (nSPS) is 12.1. The van der Waals surface area contributed by atoms with Gasteiger partial charge >= 0.3 is 0 Å². The first-order valence-corrected chi connectivity index (χ1v) is 9.95. The minimum Gasteiger partial charge on any atom is -0.383 e. The van der Waals surface area contributed by atoms with Crippen molar-refractivity contribution in [2.45, 2.75) is 13.0 Å². The number of hydrogen-bond donors (Lipinski definition) is 1. The van der Waals surface area contributed by atoms with Crippen LogP contribution >= 0.6 is 0 Å². The number of hydrogen-bond acceptors (Lipinski definition) is 6. The van der Waals surface area contributed by atoms with Gasteiger partial charge in [0.1, 0.15) is 29.3 Å². The lowest BCUT2D eigenvalue weighted by Crippen LogP contribution is -2.09. The van der Waals surface area contributed by atoms with Gasteiger partial charge in [0.2, 0.25) is 0 Å². The summed E-state index contributed by atoms with van der Waals surface area (Å²) in [6.07, 6.45) is 4.59. The van der Waals surface area contributed by atoms with E-state index < -0.39 is 11.6 Å². The largest absolute Gasteiger partial charge is 0.383 e. The molecule has 0 saturated heterocycles. The van der Waals surface area contributed by atoms with E-state index >= 15 is 0 Å². The fraction of sp³-hybridized carbons (Fsp3) is 0.0870. The van der Waals surface area contributed by atoms with E-state index in [0.29, 0.717) is 27.9 Å². The van der Waals surface area contributed by atoms with Crippen LogP contribution in [0.25, 0.3) is 28.0 Å². The summed E-state index contributed by atoms with van der Waals surface area (Å²) < 4.78 is 30.5. The summed E-state index contributed by atoms with van der Waals surface area (Å²) in [6.45, 7) is 1.89. The Hall–Kier alpha value is -4.65. The second-order valence-electron chi connectivity index (χ2n) is 7.43. The van der Waals surface area contributed by atoms with Crippen LogP contribution in [0.2, 0.25) is 0 Å². The molecule has 0 spiro atoms. The van der Waals surface area contributed by atoms with Gasteiger partial charge in [-0.1, -0.05) is 12.1 Å². The summed E-state index contributed by atoms with van der Waals surface area (Å²) in [5.74, 6) is -1.12. The Balaban J connectivity index is 1.62. The van der Waals surface area contributed by atoms with E-state index in [1.54, 1.807) is 35.3 Å². The lowest BCUT2D eigenvalue weighted by atomic mass is 10.1. The highest BCUT2D eigenvalue weighted by Crippen LogP contribution is 2.33. The van der Waals surface area contributed by atoms with E-state index in [0.717, 1.165) is 11.6 Å². The number of fused-ring (bicyclic) bond motifs is 1. The first-order valence-electron chi connectivity index (χ1n) is 9.95. The van der Waals surface area contributed by atoms with Gasteiger partial charge in [0.05, 0.1) is 29.3 Å². The first-order chi connectivity index (χ1) is 16.0. The molecule has 2 aromatic carbocycles. The van der Waals surface area contributed by atoms with E-state index in [1.165, 1.54) is 23.1 Å². The smallest absolute Gasteiger partial charge is 0.164 e. The van der Waals surface area contributed by atoms with E-state index in [4.69, 9.17) is 10.8 Å². The first kappa shape index (κ1) is 20.3. The Morgan fingerprint density at radius 3 is 2.76 bits per heavy atom. The van der Waals surface area contributed by atoms with Crippen LogP contribution in [0.3, 0.4) is 0 Å². The summed E-state index contributed by atoms with van der Waals surface area (Å²) in [6, 6.07) is 12.1. The van der Waals surface area contributed by atoms with Gasteiger partial charge in [-0.2, -0.15) is 15.5 Å².